The fourth-order valence-electron chi connectivity index (χ4n) is 2.70. The van der Waals surface area contributed by atoms with Crippen molar-refractivity contribution in [1.82, 2.24) is 0 Å². The Balaban J connectivity index is 1.95. The van der Waals surface area contributed by atoms with Crippen LogP contribution in [0.4, 0.5) is 0 Å². The van der Waals surface area contributed by atoms with Crippen LogP contribution in [0.1, 0.15) is 27.4 Å². The summed E-state index contributed by atoms with van der Waals surface area (Å²) in [6, 6.07) is 29.8. The van der Waals surface area contributed by atoms with Gasteiger partial charge in [-0.25, -0.2) is 0 Å². The van der Waals surface area contributed by atoms with Gasteiger partial charge in [0.05, 0.1) is 5.92 Å². The molecule has 0 amide bonds. The molecule has 1 atom stereocenters. The molecule has 0 N–H and O–H groups in total. The molecule has 1 unspecified atom stereocenters. The second-order valence-electron chi connectivity index (χ2n) is 5.38. The summed E-state index contributed by atoms with van der Waals surface area (Å²) in [4.78, 5) is 12.9. The lowest BCUT2D eigenvalue weighted by molar-refractivity contribution is 0.0959. The van der Waals surface area contributed by atoms with Gasteiger partial charge in [0.1, 0.15) is 0 Å². The first-order chi connectivity index (χ1) is 10.8. The summed E-state index contributed by atoms with van der Waals surface area (Å²) in [5, 5.41) is 0. The van der Waals surface area contributed by atoms with Crippen molar-refractivity contribution < 1.29 is 4.79 Å². The highest BCUT2D eigenvalue weighted by Crippen LogP contribution is 2.25. The van der Waals surface area contributed by atoms with Gasteiger partial charge in [0.15, 0.2) is 5.78 Å². The third-order valence-electron chi connectivity index (χ3n) is 3.86. The second-order valence-corrected chi connectivity index (χ2v) is 5.38. The first-order valence-electron chi connectivity index (χ1n) is 7.53. The first-order valence-corrected chi connectivity index (χ1v) is 7.53. The van der Waals surface area contributed by atoms with E-state index < -0.39 is 0 Å². The molecular formula is C21H18O. The molecule has 0 aromatic heterocycles. The number of hydrogen-bond donors (Lipinski definition) is 0. The Morgan fingerprint density at radius 3 is 1.77 bits per heavy atom. The van der Waals surface area contributed by atoms with Gasteiger partial charge in [-0.2, -0.15) is 0 Å². The average molecular weight is 286 g/mol. The van der Waals surface area contributed by atoms with Gasteiger partial charge < -0.3 is 0 Å². The van der Waals surface area contributed by atoms with Crippen LogP contribution < -0.4 is 0 Å². The van der Waals surface area contributed by atoms with E-state index in [9.17, 15) is 4.79 Å². The number of ketones is 1. The minimum atomic E-state index is -0.147. The zero-order chi connectivity index (χ0) is 15.2. The molecule has 3 aromatic carbocycles. The molecule has 0 aliphatic carbocycles. The third-order valence-corrected chi connectivity index (χ3v) is 3.86. The van der Waals surface area contributed by atoms with Gasteiger partial charge in [-0.1, -0.05) is 91.0 Å². The Labute approximate surface area is 131 Å². The van der Waals surface area contributed by atoms with Crippen LogP contribution in [0.5, 0.6) is 0 Å². The van der Waals surface area contributed by atoms with E-state index in [0.29, 0.717) is 0 Å². The van der Waals surface area contributed by atoms with E-state index in [2.05, 4.69) is 12.1 Å². The topological polar surface area (TPSA) is 17.1 Å². The molecule has 108 valence electrons. The molecule has 0 aliphatic heterocycles. The fourth-order valence-corrected chi connectivity index (χ4v) is 2.70. The van der Waals surface area contributed by atoms with E-state index in [1.165, 1.54) is 5.56 Å². The number of Topliss-reactive ketones (excluding diaryl/α,β-unsaturated/α-hetero) is 1. The molecule has 0 saturated carbocycles. The Hall–Kier alpha value is -2.67. The molecule has 1 heteroatoms. The van der Waals surface area contributed by atoms with Crippen molar-refractivity contribution in [3.63, 3.8) is 0 Å². The van der Waals surface area contributed by atoms with Gasteiger partial charge >= 0.3 is 0 Å². The van der Waals surface area contributed by atoms with E-state index in [1.54, 1.807) is 0 Å². The predicted octanol–water partition coefficient (Wildman–Crippen LogP) is 4.90. The van der Waals surface area contributed by atoms with Crippen molar-refractivity contribution in [1.29, 1.82) is 0 Å². The average Bonchev–Trinajstić information content (AvgIpc) is 2.61. The van der Waals surface area contributed by atoms with Crippen LogP contribution in [0.15, 0.2) is 91.0 Å². The summed E-state index contributed by atoms with van der Waals surface area (Å²) in [6.07, 6.45) is 0.721. The number of carbonyl (C=O) groups excluding carboxylic acids is 1. The summed E-state index contributed by atoms with van der Waals surface area (Å²) < 4.78 is 0. The first kappa shape index (κ1) is 14.3. The highest BCUT2D eigenvalue weighted by Gasteiger charge is 2.22. The summed E-state index contributed by atoms with van der Waals surface area (Å²) >= 11 is 0. The maximum absolute atomic E-state index is 12.9. The summed E-state index contributed by atoms with van der Waals surface area (Å²) in [7, 11) is 0. The lowest BCUT2D eigenvalue weighted by atomic mass is 9.85. The van der Waals surface area contributed by atoms with Crippen LogP contribution in [-0.2, 0) is 6.42 Å². The van der Waals surface area contributed by atoms with Crippen molar-refractivity contribution in [2.24, 2.45) is 0 Å². The minimum absolute atomic E-state index is 0.147. The van der Waals surface area contributed by atoms with Gasteiger partial charge in [0.25, 0.3) is 0 Å². The largest absolute Gasteiger partial charge is 0.293 e. The summed E-state index contributed by atoms with van der Waals surface area (Å²) in [6.45, 7) is 0. The Morgan fingerprint density at radius 1 is 0.682 bits per heavy atom. The molecule has 0 heterocycles. The highest BCUT2D eigenvalue weighted by molar-refractivity contribution is 6.01. The molecule has 0 spiro atoms. The van der Waals surface area contributed by atoms with Crippen molar-refractivity contribution in [2.45, 2.75) is 12.3 Å². The SMILES string of the molecule is O=C(c1ccccc1)C(Cc1ccccc1)c1ccccc1. The molecule has 1 nitrogen and oxygen atoms in total. The van der Waals surface area contributed by atoms with Crippen LogP contribution in [0, 0.1) is 0 Å². The fraction of sp³-hybridized carbons (Fsp3) is 0.0952. The molecule has 0 radical (unpaired) electrons. The smallest absolute Gasteiger partial charge is 0.170 e. The standard InChI is InChI=1S/C21H18O/c22-21(19-14-8-3-9-15-19)20(18-12-6-2-7-13-18)16-17-10-4-1-5-11-17/h1-15,20H,16H2. The van der Waals surface area contributed by atoms with E-state index in [4.69, 9.17) is 0 Å². The molecule has 0 fully saturated rings. The molecule has 0 saturated heterocycles. The zero-order valence-electron chi connectivity index (χ0n) is 12.4. The monoisotopic (exact) mass is 286 g/mol. The van der Waals surface area contributed by atoms with Crippen molar-refractivity contribution in [3.8, 4) is 0 Å². The van der Waals surface area contributed by atoms with Gasteiger partial charge in [0.2, 0.25) is 0 Å². The van der Waals surface area contributed by atoms with Crippen LogP contribution in [0.3, 0.4) is 0 Å². The lowest BCUT2D eigenvalue weighted by Gasteiger charge is -2.16. The highest BCUT2D eigenvalue weighted by atomic mass is 16.1. The van der Waals surface area contributed by atoms with Crippen LogP contribution in [-0.4, -0.2) is 5.78 Å². The quantitative estimate of drug-likeness (QED) is 0.610. The minimum Gasteiger partial charge on any atom is -0.293 e. The maximum Gasteiger partial charge on any atom is 0.170 e. The van der Waals surface area contributed by atoms with Crippen LogP contribution >= 0.6 is 0 Å². The van der Waals surface area contributed by atoms with Crippen LogP contribution in [0.25, 0.3) is 0 Å². The Kier molecular flexibility index (Phi) is 4.45. The van der Waals surface area contributed by atoms with Crippen molar-refractivity contribution in [3.05, 3.63) is 108 Å². The molecule has 3 rings (SSSR count). The van der Waals surface area contributed by atoms with Gasteiger partial charge in [-0.3, -0.25) is 4.79 Å². The number of carbonyl (C=O) groups is 1. The van der Waals surface area contributed by atoms with E-state index in [0.717, 1.165) is 17.5 Å². The van der Waals surface area contributed by atoms with Gasteiger partial charge in [0, 0.05) is 5.56 Å². The molecule has 0 bridgehead atoms. The van der Waals surface area contributed by atoms with Crippen LogP contribution in [0.2, 0.25) is 0 Å². The number of rotatable bonds is 5. The van der Waals surface area contributed by atoms with Crippen molar-refractivity contribution in [2.75, 3.05) is 0 Å². The third kappa shape index (κ3) is 3.32. The molecule has 22 heavy (non-hydrogen) atoms. The van der Waals surface area contributed by atoms with Crippen molar-refractivity contribution >= 4 is 5.78 Å². The van der Waals surface area contributed by atoms with E-state index in [-0.39, 0.29) is 11.7 Å². The summed E-state index contributed by atoms with van der Waals surface area (Å²) in [5.74, 6) is 0.0293. The molecule has 0 aliphatic rings. The van der Waals surface area contributed by atoms with Gasteiger partial charge in [-0.05, 0) is 17.5 Å². The molecule has 3 aromatic rings. The van der Waals surface area contributed by atoms with E-state index >= 15 is 0 Å². The normalized spacial score (nSPS) is 11.8. The van der Waals surface area contributed by atoms with E-state index in [1.807, 2.05) is 78.9 Å². The maximum atomic E-state index is 12.9. The Morgan fingerprint density at radius 2 is 1.18 bits per heavy atom. The predicted molar refractivity (Wildman–Crippen MR) is 90.1 cm³/mol. The number of hydrogen-bond acceptors (Lipinski definition) is 1. The Bertz CT molecular complexity index is 718. The lowest BCUT2D eigenvalue weighted by Crippen LogP contribution is -2.15. The number of benzene rings is 3. The second kappa shape index (κ2) is 6.86. The zero-order valence-corrected chi connectivity index (χ0v) is 12.4. The van der Waals surface area contributed by atoms with Gasteiger partial charge in [-0.15, -0.1) is 0 Å². The molecular weight excluding hydrogens is 268 g/mol. The summed E-state index contributed by atoms with van der Waals surface area (Å²) in [5.41, 5.74) is 3.02.